The van der Waals surface area contributed by atoms with Crippen LogP contribution in [-0.2, 0) is 0 Å². The van der Waals surface area contributed by atoms with E-state index in [1.165, 1.54) is 0 Å². The summed E-state index contributed by atoms with van der Waals surface area (Å²) in [4.78, 5) is 22.1. The second-order valence-electron chi connectivity index (χ2n) is 6.98. The van der Waals surface area contributed by atoms with Gasteiger partial charge in [-0.2, -0.15) is 0 Å². The minimum Gasteiger partial charge on any atom is -0.441 e. The number of carbonyl (C=O) groups is 1. The van der Waals surface area contributed by atoms with Gasteiger partial charge in [0.1, 0.15) is 5.76 Å². The summed E-state index contributed by atoms with van der Waals surface area (Å²) in [7, 11) is 2.09. The number of hydrogen-bond donors (Lipinski definition) is 0. The van der Waals surface area contributed by atoms with Crippen molar-refractivity contribution < 1.29 is 9.21 Å². The van der Waals surface area contributed by atoms with E-state index >= 15 is 0 Å². The number of rotatable bonds is 3. The molecule has 0 saturated carbocycles. The van der Waals surface area contributed by atoms with Crippen LogP contribution in [0.3, 0.4) is 0 Å². The van der Waals surface area contributed by atoms with Crippen LogP contribution in [0.25, 0.3) is 11.5 Å². The van der Waals surface area contributed by atoms with Crippen LogP contribution in [0.4, 0.5) is 0 Å². The lowest BCUT2D eigenvalue weighted by atomic mass is 10.0. The Morgan fingerprint density at radius 3 is 2.41 bits per heavy atom. The van der Waals surface area contributed by atoms with E-state index in [0.717, 1.165) is 24.2 Å². The van der Waals surface area contributed by atoms with Crippen molar-refractivity contribution >= 4 is 5.91 Å². The molecule has 5 nitrogen and oxygen atoms in total. The molecule has 0 aliphatic carbocycles. The third-order valence-corrected chi connectivity index (χ3v) is 5.05. The number of amides is 1. The third-order valence-electron chi connectivity index (χ3n) is 5.05. The molecule has 138 valence electrons. The standard InChI is InChI=1S/C22H23N3O2/c1-16-20(23-21(27-16)18-11-7-4-8-12-18)22(26)25-14-13-24(2)15-19(25)17-9-5-3-6-10-17/h3-12,19H,13-15H2,1-2H3/t19-/m0/s1. The second-order valence-corrected chi connectivity index (χ2v) is 6.98. The smallest absolute Gasteiger partial charge is 0.276 e. The van der Waals surface area contributed by atoms with Crippen LogP contribution in [0.15, 0.2) is 65.1 Å². The predicted octanol–water partition coefficient (Wildman–Crippen LogP) is 3.78. The SMILES string of the molecule is Cc1oc(-c2ccccc2)nc1C(=O)N1CCN(C)C[C@H]1c1ccccc1. The Morgan fingerprint density at radius 1 is 1.04 bits per heavy atom. The minimum atomic E-state index is -0.0691. The van der Waals surface area contributed by atoms with Crippen molar-refractivity contribution in [2.75, 3.05) is 26.7 Å². The van der Waals surface area contributed by atoms with Gasteiger partial charge in [0.05, 0.1) is 6.04 Å². The first-order valence-electron chi connectivity index (χ1n) is 9.21. The van der Waals surface area contributed by atoms with Crippen molar-refractivity contribution in [2.24, 2.45) is 0 Å². The Morgan fingerprint density at radius 2 is 1.70 bits per heavy atom. The first-order chi connectivity index (χ1) is 13.1. The number of carbonyl (C=O) groups excluding carboxylic acids is 1. The van der Waals surface area contributed by atoms with E-state index in [-0.39, 0.29) is 11.9 Å². The van der Waals surface area contributed by atoms with Gasteiger partial charge in [0.15, 0.2) is 5.69 Å². The molecule has 1 amide bonds. The van der Waals surface area contributed by atoms with Crippen LogP contribution in [-0.4, -0.2) is 47.4 Å². The Hall–Kier alpha value is -2.92. The maximum Gasteiger partial charge on any atom is 0.276 e. The highest BCUT2D eigenvalue weighted by molar-refractivity contribution is 5.94. The fourth-order valence-electron chi connectivity index (χ4n) is 3.56. The second kappa shape index (κ2) is 7.37. The van der Waals surface area contributed by atoms with Gasteiger partial charge in [-0.05, 0) is 31.7 Å². The van der Waals surface area contributed by atoms with Gasteiger partial charge in [0.25, 0.3) is 5.91 Å². The van der Waals surface area contributed by atoms with Crippen LogP contribution in [0.1, 0.15) is 27.9 Å². The average molecular weight is 361 g/mol. The van der Waals surface area contributed by atoms with Crippen LogP contribution in [0.5, 0.6) is 0 Å². The molecule has 0 spiro atoms. The molecule has 0 radical (unpaired) electrons. The topological polar surface area (TPSA) is 49.6 Å². The summed E-state index contributed by atoms with van der Waals surface area (Å²) < 4.78 is 5.81. The van der Waals surface area contributed by atoms with E-state index in [4.69, 9.17) is 4.42 Å². The number of hydrogen-bond acceptors (Lipinski definition) is 4. The molecule has 3 aromatic rings. The summed E-state index contributed by atoms with van der Waals surface area (Å²) >= 11 is 0. The molecule has 1 aromatic heterocycles. The highest BCUT2D eigenvalue weighted by Gasteiger charge is 2.33. The zero-order chi connectivity index (χ0) is 18.8. The summed E-state index contributed by atoms with van der Waals surface area (Å²) in [6, 6.07) is 19.9. The highest BCUT2D eigenvalue weighted by Crippen LogP contribution is 2.28. The maximum atomic E-state index is 13.3. The van der Waals surface area contributed by atoms with E-state index in [0.29, 0.717) is 23.9 Å². The van der Waals surface area contributed by atoms with Crippen LogP contribution in [0.2, 0.25) is 0 Å². The molecule has 27 heavy (non-hydrogen) atoms. The van der Waals surface area contributed by atoms with E-state index in [2.05, 4.69) is 29.1 Å². The molecule has 1 aliphatic rings. The average Bonchev–Trinajstić information content (AvgIpc) is 3.10. The molecule has 1 saturated heterocycles. The van der Waals surface area contributed by atoms with Crippen molar-refractivity contribution in [1.82, 2.24) is 14.8 Å². The first-order valence-corrected chi connectivity index (χ1v) is 9.21. The Kier molecular flexibility index (Phi) is 4.77. The lowest BCUT2D eigenvalue weighted by molar-refractivity contribution is 0.0491. The van der Waals surface area contributed by atoms with Gasteiger partial charge in [-0.15, -0.1) is 0 Å². The molecule has 1 aliphatic heterocycles. The third kappa shape index (κ3) is 3.51. The highest BCUT2D eigenvalue weighted by atomic mass is 16.4. The summed E-state index contributed by atoms with van der Waals surface area (Å²) in [6.45, 7) is 4.12. The summed E-state index contributed by atoms with van der Waals surface area (Å²) in [6.07, 6.45) is 0. The van der Waals surface area contributed by atoms with Crippen molar-refractivity contribution in [3.05, 3.63) is 77.7 Å². The van der Waals surface area contributed by atoms with Gasteiger partial charge in [-0.25, -0.2) is 4.98 Å². The zero-order valence-corrected chi connectivity index (χ0v) is 15.6. The van der Waals surface area contributed by atoms with E-state index in [1.807, 2.05) is 53.4 Å². The number of aryl methyl sites for hydroxylation is 1. The van der Waals surface area contributed by atoms with E-state index < -0.39 is 0 Å². The Bertz CT molecular complexity index is 921. The quantitative estimate of drug-likeness (QED) is 0.712. The maximum absolute atomic E-state index is 13.3. The van der Waals surface area contributed by atoms with Crippen molar-refractivity contribution in [2.45, 2.75) is 13.0 Å². The number of likely N-dealkylation sites (N-methyl/N-ethyl adjacent to an activating group) is 1. The molecular formula is C22H23N3O2. The van der Waals surface area contributed by atoms with Gasteiger partial charge < -0.3 is 14.2 Å². The Balaban J connectivity index is 1.66. The molecule has 0 bridgehead atoms. The Labute approximate surface area is 159 Å². The lowest BCUT2D eigenvalue weighted by Crippen LogP contribution is -2.49. The van der Waals surface area contributed by atoms with Gasteiger partial charge in [0.2, 0.25) is 5.89 Å². The monoisotopic (exact) mass is 361 g/mol. The normalized spacial score (nSPS) is 17.9. The molecule has 4 rings (SSSR count). The van der Waals surface area contributed by atoms with Gasteiger partial charge in [0, 0.05) is 25.2 Å². The van der Waals surface area contributed by atoms with Crippen molar-refractivity contribution in [3.63, 3.8) is 0 Å². The number of benzene rings is 2. The minimum absolute atomic E-state index is 0.00808. The fourth-order valence-corrected chi connectivity index (χ4v) is 3.56. The molecule has 2 aromatic carbocycles. The van der Waals surface area contributed by atoms with Gasteiger partial charge >= 0.3 is 0 Å². The molecule has 1 fully saturated rings. The number of aromatic nitrogens is 1. The van der Waals surface area contributed by atoms with Gasteiger partial charge in [-0.1, -0.05) is 48.5 Å². The summed E-state index contributed by atoms with van der Waals surface area (Å²) in [5.41, 5.74) is 2.42. The molecule has 1 atom stereocenters. The van der Waals surface area contributed by atoms with E-state index in [9.17, 15) is 4.79 Å². The van der Waals surface area contributed by atoms with E-state index in [1.54, 1.807) is 6.92 Å². The lowest BCUT2D eigenvalue weighted by Gasteiger charge is -2.40. The molecule has 0 N–H and O–H groups in total. The van der Waals surface area contributed by atoms with Crippen molar-refractivity contribution in [3.8, 4) is 11.5 Å². The molecule has 2 heterocycles. The summed E-state index contributed by atoms with van der Waals surface area (Å²) in [5.74, 6) is 0.979. The summed E-state index contributed by atoms with van der Waals surface area (Å²) in [5, 5.41) is 0. The largest absolute Gasteiger partial charge is 0.441 e. The molecule has 5 heteroatoms. The van der Waals surface area contributed by atoms with Crippen LogP contribution >= 0.6 is 0 Å². The number of oxazole rings is 1. The number of nitrogens with zero attached hydrogens (tertiary/aromatic N) is 3. The fraction of sp³-hybridized carbons (Fsp3) is 0.273. The molecule has 0 unspecified atom stereocenters. The predicted molar refractivity (Wildman–Crippen MR) is 104 cm³/mol. The first kappa shape index (κ1) is 17.5. The zero-order valence-electron chi connectivity index (χ0n) is 15.6. The van der Waals surface area contributed by atoms with Gasteiger partial charge in [-0.3, -0.25) is 4.79 Å². The van der Waals surface area contributed by atoms with Crippen LogP contribution in [0, 0.1) is 6.92 Å². The van der Waals surface area contributed by atoms with Crippen LogP contribution < -0.4 is 0 Å². The number of piperazine rings is 1. The molecular weight excluding hydrogens is 338 g/mol. The van der Waals surface area contributed by atoms with Crippen molar-refractivity contribution in [1.29, 1.82) is 0 Å².